The van der Waals surface area contributed by atoms with Crippen LogP contribution in [-0.2, 0) is 5.88 Å². The third-order valence-electron chi connectivity index (χ3n) is 2.81. The number of anilines is 1. The van der Waals surface area contributed by atoms with Crippen molar-refractivity contribution in [2.45, 2.75) is 25.6 Å². The number of nitrogens with zero attached hydrogens (tertiary/aromatic N) is 2. The van der Waals surface area contributed by atoms with Gasteiger partial charge in [0.05, 0.1) is 11.6 Å². The number of rotatable bonds is 3. The Kier molecular flexibility index (Phi) is 3.29. The normalized spacial score (nSPS) is 21.9. The molecule has 0 amide bonds. The van der Waals surface area contributed by atoms with Crippen LogP contribution < -0.4 is 4.90 Å². The minimum atomic E-state index is 0.529. The summed E-state index contributed by atoms with van der Waals surface area (Å²) in [6.07, 6.45) is 2.59. The lowest BCUT2D eigenvalue weighted by Crippen LogP contribution is -2.19. The van der Waals surface area contributed by atoms with Crippen LogP contribution in [-0.4, -0.2) is 18.1 Å². The monoisotopic (exact) mass is 230 g/mol. The maximum absolute atomic E-state index is 5.73. The van der Waals surface area contributed by atoms with E-state index in [1.807, 2.05) is 0 Å². The summed E-state index contributed by atoms with van der Waals surface area (Å²) in [5, 5.41) is 3.21. The Hall–Kier alpha value is -0.280. The van der Waals surface area contributed by atoms with Gasteiger partial charge in [-0.05, 0) is 12.3 Å². The molecule has 1 atom stereocenters. The second-order valence-electron chi connectivity index (χ2n) is 3.76. The summed E-state index contributed by atoms with van der Waals surface area (Å²) < 4.78 is 0. The van der Waals surface area contributed by atoms with Crippen LogP contribution in [0, 0.1) is 5.92 Å². The van der Waals surface area contributed by atoms with Gasteiger partial charge in [-0.2, -0.15) is 0 Å². The lowest BCUT2D eigenvalue weighted by molar-refractivity contribution is 0.569. The number of alkyl halides is 1. The summed E-state index contributed by atoms with van der Waals surface area (Å²) in [6, 6.07) is 0. The molecular formula is C10H15ClN2S. The lowest BCUT2D eigenvalue weighted by Gasteiger charge is -2.13. The highest BCUT2D eigenvalue weighted by molar-refractivity contribution is 7.13. The first-order chi connectivity index (χ1) is 6.83. The van der Waals surface area contributed by atoms with Crippen LogP contribution in [0.5, 0.6) is 0 Å². The van der Waals surface area contributed by atoms with E-state index in [2.05, 4.69) is 22.2 Å². The lowest BCUT2D eigenvalue weighted by atomic mass is 10.1. The second-order valence-corrected chi connectivity index (χ2v) is 4.87. The number of aromatic nitrogens is 1. The molecule has 1 fully saturated rings. The summed E-state index contributed by atoms with van der Waals surface area (Å²) in [5.41, 5.74) is 1.01. The first-order valence-electron chi connectivity index (χ1n) is 5.08. The number of thiazole rings is 1. The zero-order valence-corrected chi connectivity index (χ0v) is 9.94. The zero-order chi connectivity index (χ0) is 9.97. The van der Waals surface area contributed by atoms with E-state index < -0.39 is 0 Å². The Balaban J connectivity index is 2.02. The van der Waals surface area contributed by atoms with E-state index in [1.54, 1.807) is 11.3 Å². The molecule has 1 unspecified atom stereocenters. The van der Waals surface area contributed by atoms with Crippen LogP contribution in [0.25, 0.3) is 0 Å². The van der Waals surface area contributed by atoms with Crippen molar-refractivity contribution in [1.82, 2.24) is 4.98 Å². The van der Waals surface area contributed by atoms with Crippen LogP contribution in [0.1, 0.15) is 25.5 Å². The molecule has 1 saturated heterocycles. The Bertz CT molecular complexity index is 300. The van der Waals surface area contributed by atoms with E-state index in [1.165, 1.54) is 19.4 Å². The summed E-state index contributed by atoms with van der Waals surface area (Å²) in [7, 11) is 0. The first kappa shape index (κ1) is 10.2. The molecule has 2 rings (SSSR count). The molecule has 14 heavy (non-hydrogen) atoms. The fourth-order valence-corrected chi connectivity index (χ4v) is 2.93. The quantitative estimate of drug-likeness (QED) is 0.742. The highest BCUT2D eigenvalue weighted by Gasteiger charge is 2.22. The fraction of sp³-hybridized carbons (Fsp3) is 0.700. The van der Waals surface area contributed by atoms with Gasteiger partial charge < -0.3 is 4.90 Å². The standard InChI is InChI=1S/C10H15ClN2S/c1-2-8-3-4-13(6-8)10-12-9(5-11)7-14-10/h7-8H,2-6H2,1H3. The molecule has 1 aliphatic rings. The van der Waals surface area contributed by atoms with Crippen LogP contribution in [0.15, 0.2) is 5.38 Å². The maximum Gasteiger partial charge on any atom is 0.185 e. The molecular weight excluding hydrogens is 216 g/mol. The van der Waals surface area contributed by atoms with E-state index in [0.29, 0.717) is 5.88 Å². The SMILES string of the molecule is CCC1CCN(c2nc(CCl)cs2)C1. The van der Waals surface area contributed by atoms with Crippen molar-refractivity contribution < 1.29 is 0 Å². The van der Waals surface area contributed by atoms with Crippen LogP contribution in [0.3, 0.4) is 0 Å². The van der Waals surface area contributed by atoms with Crippen LogP contribution in [0.2, 0.25) is 0 Å². The zero-order valence-electron chi connectivity index (χ0n) is 8.37. The van der Waals surface area contributed by atoms with E-state index in [0.717, 1.165) is 23.3 Å². The highest BCUT2D eigenvalue weighted by Crippen LogP contribution is 2.28. The third-order valence-corrected chi connectivity index (χ3v) is 4.03. The Morgan fingerprint density at radius 1 is 1.71 bits per heavy atom. The molecule has 0 radical (unpaired) electrons. The molecule has 0 spiro atoms. The van der Waals surface area contributed by atoms with E-state index >= 15 is 0 Å². The molecule has 1 aromatic heterocycles. The molecule has 0 aliphatic carbocycles. The molecule has 0 N–H and O–H groups in total. The van der Waals surface area contributed by atoms with Gasteiger partial charge in [-0.1, -0.05) is 13.3 Å². The molecule has 1 aliphatic heterocycles. The van der Waals surface area contributed by atoms with Crippen molar-refractivity contribution in [3.05, 3.63) is 11.1 Å². The van der Waals surface area contributed by atoms with Gasteiger partial charge in [-0.25, -0.2) is 4.98 Å². The minimum Gasteiger partial charge on any atom is -0.348 e. The topological polar surface area (TPSA) is 16.1 Å². The van der Waals surface area contributed by atoms with Gasteiger partial charge in [-0.3, -0.25) is 0 Å². The molecule has 0 bridgehead atoms. The molecule has 1 aromatic rings. The molecule has 0 aromatic carbocycles. The Morgan fingerprint density at radius 2 is 2.57 bits per heavy atom. The predicted octanol–water partition coefficient (Wildman–Crippen LogP) is 3.12. The predicted molar refractivity (Wildman–Crippen MR) is 62.3 cm³/mol. The van der Waals surface area contributed by atoms with Gasteiger partial charge >= 0.3 is 0 Å². The molecule has 78 valence electrons. The molecule has 0 saturated carbocycles. The van der Waals surface area contributed by atoms with E-state index in [9.17, 15) is 0 Å². The van der Waals surface area contributed by atoms with E-state index in [-0.39, 0.29) is 0 Å². The molecule has 2 nitrogen and oxygen atoms in total. The van der Waals surface area contributed by atoms with Gasteiger partial charge in [0.15, 0.2) is 5.13 Å². The van der Waals surface area contributed by atoms with Crippen molar-refractivity contribution >= 4 is 28.1 Å². The van der Waals surface area contributed by atoms with Crippen molar-refractivity contribution in [3.63, 3.8) is 0 Å². The second kappa shape index (κ2) is 4.49. The van der Waals surface area contributed by atoms with Gasteiger partial charge in [0.1, 0.15) is 0 Å². The first-order valence-corrected chi connectivity index (χ1v) is 6.50. The average Bonchev–Trinajstić information content (AvgIpc) is 2.86. The van der Waals surface area contributed by atoms with Crippen molar-refractivity contribution in [2.24, 2.45) is 5.92 Å². The molecule has 2 heterocycles. The fourth-order valence-electron chi connectivity index (χ4n) is 1.84. The van der Waals surface area contributed by atoms with Crippen molar-refractivity contribution in [3.8, 4) is 0 Å². The number of hydrogen-bond donors (Lipinski definition) is 0. The summed E-state index contributed by atoms with van der Waals surface area (Å²) >= 11 is 7.44. The number of hydrogen-bond acceptors (Lipinski definition) is 3. The van der Waals surface area contributed by atoms with Crippen LogP contribution >= 0.6 is 22.9 Å². The average molecular weight is 231 g/mol. The highest BCUT2D eigenvalue weighted by atomic mass is 35.5. The van der Waals surface area contributed by atoms with Gasteiger partial charge in [0, 0.05) is 18.5 Å². The van der Waals surface area contributed by atoms with Crippen LogP contribution in [0.4, 0.5) is 5.13 Å². The van der Waals surface area contributed by atoms with Gasteiger partial charge in [-0.15, -0.1) is 22.9 Å². The maximum atomic E-state index is 5.73. The largest absolute Gasteiger partial charge is 0.348 e. The minimum absolute atomic E-state index is 0.529. The third kappa shape index (κ3) is 2.04. The van der Waals surface area contributed by atoms with Crippen molar-refractivity contribution in [1.29, 1.82) is 0 Å². The van der Waals surface area contributed by atoms with Gasteiger partial charge in [0.25, 0.3) is 0 Å². The summed E-state index contributed by atoms with van der Waals surface area (Å²) in [4.78, 5) is 6.88. The smallest absolute Gasteiger partial charge is 0.185 e. The summed E-state index contributed by atoms with van der Waals surface area (Å²) in [5.74, 6) is 1.39. The molecule has 4 heteroatoms. The van der Waals surface area contributed by atoms with Gasteiger partial charge in [0.2, 0.25) is 0 Å². The Morgan fingerprint density at radius 3 is 3.14 bits per heavy atom. The summed E-state index contributed by atoms with van der Waals surface area (Å²) in [6.45, 7) is 4.60. The Labute approximate surface area is 93.9 Å². The van der Waals surface area contributed by atoms with E-state index in [4.69, 9.17) is 11.6 Å². The van der Waals surface area contributed by atoms with Crippen molar-refractivity contribution in [2.75, 3.05) is 18.0 Å². The number of halogens is 1.